The molecule has 2 aliphatic rings. The second-order valence-electron chi connectivity index (χ2n) is 23.6. The van der Waals surface area contributed by atoms with Crippen molar-refractivity contribution in [1.29, 1.82) is 0 Å². The van der Waals surface area contributed by atoms with Crippen LogP contribution in [0.15, 0.2) is 0 Å². The van der Waals surface area contributed by atoms with Crippen LogP contribution in [-0.2, 0) is 44.9 Å². The molecule has 14 amide bonds. The lowest BCUT2D eigenvalue weighted by molar-refractivity contribution is -0.143. The minimum absolute atomic E-state index is 0.0140. The van der Waals surface area contributed by atoms with Crippen LogP contribution >= 0.6 is 0 Å². The predicted octanol–water partition coefficient (Wildman–Crippen LogP) is 3.41. The second kappa shape index (κ2) is 18.3. The molecule has 0 fully saturated rings. The van der Waals surface area contributed by atoms with E-state index >= 15 is 0 Å². The Hall–Kier alpha value is -6.08. The molecule has 2 aliphatic carbocycles. The molecule has 0 saturated heterocycles. The number of benzene rings is 1. The zero-order valence-corrected chi connectivity index (χ0v) is 41.9. The van der Waals surface area contributed by atoms with Gasteiger partial charge in [-0.1, -0.05) is 0 Å². The van der Waals surface area contributed by atoms with Gasteiger partial charge in [0.05, 0.1) is 0 Å². The number of hydrogen-bond acceptors (Lipinski definition) is 10. The molecule has 0 bridgehead atoms. The van der Waals surface area contributed by atoms with E-state index < -0.39 is 129 Å². The third-order valence-electron chi connectivity index (χ3n) is 9.88. The molecule has 3 rings (SSSR count). The lowest BCUT2D eigenvalue weighted by Crippen LogP contribution is -2.59. The summed E-state index contributed by atoms with van der Waals surface area (Å²) in [7, 11) is 0. The Morgan fingerprint density at radius 1 is 0.303 bits per heavy atom. The highest BCUT2D eigenvalue weighted by atomic mass is 16.2. The number of carbonyl (C=O) groups is 10. The number of amides is 14. The first-order chi connectivity index (χ1) is 29.5. The fraction of sp³-hybridized carbons (Fsp3) is 0.652. The van der Waals surface area contributed by atoms with Crippen molar-refractivity contribution in [2.45, 2.75) is 184 Å². The number of carbonyl (C=O) groups excluding carboxylic acids is 10. The largest absolute Gasteiger partial charge is 0.347 e. The summed E-state index contributed by atoms with van der Waals surface area (Å²) < 4.78 is 0. The van der Waals surface area contributed by atoms with Crippen LogP contribution in [0.5, 0.6) is 0 Å². The van der Waals surface area contributed by atoms with E-state index in [1.807, 2.05) is 0 Å². The molecular formula is C46H72N10O10. The quantitative estimate of drug-likeness (QED) is 0.186. The van der Waals surface area contributed by atoms with Gasteiger partial charge in [0.1, 0.15) is 10.8 Å². The zero-order chi connectivity index (χ0) is 51.1. The van der Waals surface area contributed by atoms with Gasteiger partial charge in [-0.2, -0.15) is 0 Å². The molecule has 0 radical (unpaired) electrons. The predicted molar refractivity (Wildman–Crippen MR) is 246 cm³/mol. The van der Waals surface area contributed by atoms with Crippen LogP contribution in [0.1, 0.15) is 168 Å². The van der Waals surface area contributed by atoms with Crippen LogP contribution in [-0.4, -0.2) is 92.8 Å². The molecule has 0 aliphatic heterocycles. The average molecular weight is 925 g/mol. The van der Waals surface area contributed by atoms with Crippen molar-refractivity contribution in [3.63, 3.8) is 0 Å². The monoisotopic (exact) mass is 925 g/mol. The van der Waals surface area contributed by atoms with E-state index in [1.54, 1.807) is 125 Å². The molecule has 0 atom stereocenters. The van der Waals surface area contributed by atoms with E-state index in [0.717, 1.165) is 0 Å². The lowest BCUT2D eigenvalue weighted by Gasteiger charge is -2.29. The first-order valence-electron chi connectivity index (χ1n) is 21.9. The third kappa shape index (κ3) is 14.0. The Morgan fingerprint density at radius 2 is 0.470 bits per heavy atom. The minimum Gasteiger partial charge on any atom is -0.347 e. The molecule has 10 N–H and O–H groups in total. The van der Waals surface area contributed by atoms with Gasteiger partial charge >= 0.3 is 24.1 Å². The fourth-order valence-electron chi connectivity index (χ4n) is 7.66. The number of nitrogens with one attached hydrogen (secondary N) is 10. The highest BCUT2D eigenvalue weighted by molar-refractivity contribution is 6.17. The molecule has 66 heavy (non-hydrogen) atoms. The van der Waals surface area contributed by atoms with Gasteiger partial charge in [-0.3, -0.25) is 50.0 Å². The maximum Gasteiger partial charge on any atom is 0.321 e. The van der Waals surface area contributed by atoms with E-state index in [2.05, 4.69) is 53.2 Å². The van der Waals surface area contributed by atoms with E-state index in [-0.39, 0.29) is 33.4 Å². The molecule has 1 aromatic rings. The summed E-state index contributed by atoms with van der Waals surface area (Å²) in [6, 6.07) is -3.88. The standard InChI is InChI=1S/C46H72N10O10/c1-39(2,3)51-29(57)27-23-19-45(31(59)47-35(63)53-41(7,8)9,32(60)48-36(64)54-42(10,11)12)21-25(23)28(30(58)52-40(4,5)6)26-22-46(20-24(26)27,33(61)49-37(65)55-43(13,14)15)34(62)50-38(66)56-44(16,17)18/h19-22H2,1-18H3,(H,51,57)(H,52,58)(H2,47,53,59,63)(H2,48,54,60,64)(H2,49,55,61,65)(H2,50,56,62,66). The molecule has 0 saturated carbocycles. The SMILES string of the molecule is CC(C)(C)NC(=O)NC(=O)C1(C(=O)NC(=O)NC(C)(C)C)Cc2c(c(C(=O)NC(C)(C)C)c3c(c2C(=O)NC(C)(C)C)CC(C(=O)NC(=O)NC(C)(C)C)(C(=O)NC(=O)NC(C)(C)C)C3)C1. The van der Waals surface area contributed by atoms with Crippen molar-refractivity contribution >= 4 is 59.6 Å². The van der Waals surface area contributed by atoms with Gasteiger partial charge in [-0.25, -0.2) is 19.2 Å². The van der Waals surface area contributed by atoms with Gasteiger partial charge in [-0.15, -0.1) is 0 Å². The molecule has 0 unspecified atom stereocenters. The summed E-state index contributed by atoms with van der Waals surface area (Å²) in [5, 5.41) is 25.1. The number of fused-ring (bicyclic) bond motifs is 2. The number of rotatable bonds is 6. The van der Waals surface area contributed by atoms with Gasteiger partial charge in [-0.05, 0) is 173 Å². The minimum atomic E-state index is -2.36. The summed E-state index contributed by atoms with van der Waals surface area (Å²) >= 11 is 0. The second-order valence-corrected chi connectivity index (χ2v) is 23.6. The van der Waals surface area contributed by atoms with E-state index in [9.17, 15) is 47.9 Å². The van der Waals surface area contributed by atoms with Crippen LogP contribution < -0.4 is 53.2 Å². The Balaban J connectivity index is 2.53. The summed E-state index contributed by atoms with van der Waals surface area (Å²) in [5.74, 6) is -6.19. The van der Waals surface area contributed by atoms with Gasteiger partial charge in [0.2, 0.25) is 23.6 Å². The van der Waals surface area contributed by atoms with Crippen LogP contribution in [0, 0.1) is 10.8 Å². The summed E-state index contributed by atoms with van der Waals surface area (Å²) in [6.45, 7) is 30.1. The molecule has 20 heteroatoms. The Bertz CT molecular complexity index is 1940. The van der Waals surface area contributed by atoms with Crippen molar-refractivity contribution < 1.29 is 47.9 Å². The van der Waals surface area contributed by atoms with Gasteiger partial charge < -0.3 is 31.9 Å². The topological polar surface area (TPSA) is 291 Å². The van der Waals surface area contributed by atoms with Gasteiger partial charge in [0.15, 0.2) is 0 Å². The van der Waals surface area contributed by atoms with E-state index in [0.29, 0.717) is 0 Å². The Kier molecular flexibility index (Phi) is 15.0. The molecule has 0 spiro atoms. The molecule has 1 aromatic carbocycles. The Labute approximate surface area is 387 Å². The van der Waals surface area contributed by atoms with Crippen molar-refractivity contribution in [2.24, 2.45) is 10.8 Å². The maximum absolute atomic E-state index is 14.9. The first-order valence-corrected chi connectivity index (χ1v) is 21.9. The molecule has 366 valence electrons. The highest BCUT2D eigenvalue weighted by Crippen LogP contribution is 2.49. The molecule has 20 nitrogen and oxygen atoms in total. The van der Waals surface area contributed by atoms with Crippen LogP contribution in [0.3, 0.4) is 0 Å². The van der Waals surface area contributed by atoms with E-state index in [1.165, 1.54) is 0 Å². The molecule has 0 aromatic heterocycles. The lowest BCUT2D eigenvalue weighted by atomic mass is 9.80. The van der Waals surface area contributed by atoms with Gasteiger partial charge in [0, 0.05) is 44.4 Å². The highest BCUT2D eigenvalue weighted by Gasteiger charge is 2.58. The van der Waals surface area contributed by atoms with Crippen LogP contribution in [0.2, 0.25) is 0 Å². The van der Waals surface area contributed by atoms with Crippen molar-refractivity contribution in [2.75, 3.05) is 0 Å². The number of imide groups is 4. The van der Waals surface area contributed by atoms with Crippen molar-refractivity contribution in [3.8, 4) is 0 Å². The summed E-state index contributed by atoms with van der Waals surface area (Å²) in [4.78, 5) is 141. The fourth-order valence-corrected chi connectivity index (χ4v) is 7.66. The van der Waals surface area contributed by atoms with E-state index in [4.69, 9.17) is 0 Å². The van der Waals surface area contributed by atoms with Crippen molar-refractivity contribution in [3.05, 3.63) is 33.4 Å². The maximum atomic E-state index is 14.9. The summed E-state index contributed by atoms with van der Waals surface area (Å²) in [6.07, 6.45) is -2.63. The summed E-state index contributed by atoms with van der Waals surface area (Å²) in [5.41, 5.74) is -10.4. The Morgan fingerprint density at radius 3 is 0.621 bits per heavy atom. The average Bonchev–Trinajstić information content (AvgIpc) is 3.63. The number of hydrogen-bond donors (Lipinski definition) is 10. The number of urea groups is 4. The van der Waals surface area contributed by atoms with Crippen LogP contribution in [0.4, 0.5) is 19.2 Å². The van der Waals surface area contributed by atoms with Crippen molar-refractivity contribution in [1.82, 2.24) is 53.2 Å². The van der Waals surface area contributed by atoms with Gasteiger partial charge in [0.25, 0.3) is 11.8 Å². The first kappa shape index (κ1) is 54.3. The smallest absolute Gasteiger partial charge is 0.321 e. The molecular weight excluding hydrogens is 853 g/mol. The van der Waals surface area contributed by atoms with Crippen LogP contribution in [0.25, 0.3) is 0 Å². The zero-order valence-electron chi connectivity index (χ0n) is 41.9. The third-order valence-corrected chi connectivity index (χ3v) is 9.88. The normalized spacial score (nSPS) is 15.4. The molecule has 0 heterocycles.